The Morgan fingerprint density at radius 2 is 1.78 bits per heavy atom. The molecule has 2 rings (SSSR count). The Balaban J connectivity index is 2.50. The zero-order valence-corrected chi connectivity index (χ0v) is 22.9. The molecule has 1 saturated carbocycles. The molecule has 36 heavy (non-hydrogen) atoms. The molecule has 1 fully saturated rings. The van der Waals surface area contributed by atoms with Gasteiger partial charge in [0.1, 0.15) is 17.7 Å². The van der Waals surface area contributed by atoms with E-state index in [9.17, 15) is 14.4 Å². The molecule has 2 N–H and O–H groups in total. The van der Waals surface area contributed by atoms with Crippen LogP contribution in [0, 0.1) is 18.3 Å². The van der Waals surface area contributed by atoms with Crippen molar-refractivity contribution in [3.8, 4) is 12.3 Å². The van der Waals surface area contributed by atoms with Crippen molar-refractivity contribution >= 4 is 17.9 Å². The van der Waals surface area contributed by atoms with E-state index in [1.54, 1.807) is 31.7 Å². The fraction of sp³-hybridized carbons (Fsp3) is 0.621. The van der Waals surface area contributed by atoms with Crippen LogP contribution in [0.1, 0.15) is 97.7 Å². The van der Waals surface area contributed by atoms with E-state index in [4.69, 9.17) is 11.2 Å². The highest BCUT2D eigenvalue weighted by Crippen LogP contribution is 2.37. The molecule has 1 aliphatic rings. The number of nitrogens with one attached hydrogen (secondary N) is 2. The maximum atomic E-state index is 14.1. The highest BCUT2D eigenvalue weighted by Gasteiger charge is 2.44. The fourth-order valence-corrected chi connectivity index (χ4v) is 4.30. The van der Waals surface area contributed by atoms with Crippen LogP contribution >= 0.6 is 0 Å². The zero-order valence-electron chi connectivity index (χ0n) is 22.9. The molecule has 0 aromatic heterocycles. The predicted octanol–water partition coefficient (Wildman–Crippen LogP) is 4.94. The number of amides is 3. The number of ether oxygens (including phenoxy) is 1. The molecule has 1 aromatic carbocycles. The summed E-state index contributed by atoms with van der Waals surface area (Å²) >= 11 is 0. The van der Waals surface area contributed by atoms with Crippen molar-refractivity contribution in [1.29, 1.82) is 0 Å². The first kappa shape index (κ1) is 29.2. The molecule has 3 unspecified atom stereocenters. The molecule has 1 aliphatic carbocycles. The minimum absolute atomic E-state index is 0.0505. The highest BCUT2D eigenvalue weighted by atomic mass is 16.6. The molecule has 7 heteroatoms. The maximum absolute atomic E-state index is 14.1. The molecule has 0 spiro atoms. The molecule has 7 nitrogen and oxygen atoms in total. The van der Waals surface area contributed by atoms with Gasteiger partial charge in [-0.05, 0) is 70.9 Å². The molecule has 0 heterocycles. The predicted molar refractivity (Wildman–Crippen MR) is 142 cm³/mol. The number of hydrogen-bond donors (Lipinski definition) is 2. The minimum Gasteiger partial charge on any atom is -0.444 e. The average molecular weight is 498 g/mol. The number of terminal acetylenes is 1. The Morgan fingerprint density at radius 1 is 1.14 bits per heavy atom. The van der Waals surface area contributed by atoms with Crippen LogP contribution in [-0.4, -0.2) is 46.5 Å². The van der Waals surface area contributed by atoms with E-state index < -0.39 is 23.8 Å². The smallest absolute Gasteiger partial charge is 0.408 e. The van der Waals surface area contributed by atoms with Gasteiger partial charge in [0, 0.05) is 17.6 Å². The van der Waals surface area contributed by atoms with Gasteiger partial charge in [-0.15, -0.1) is 6.42 Å². The number of alkyl carbamates (subject to hydrolysis) is 1. The third-order valence-corrected chi connectivity index (χ3v) is 5.94. The summed E-state index contributed by atoms with van der Waals surface area (Å²) in [4.78, 5) is 42.2. The van der Waals surface area contributed by atoms with Crippen molar-refractivity contribution < 1.29 is 19.1 Å². The second-order valence-electron chi connectivity index (χ2n) is 11.1. The minimum atomic E-state index is -0.897. The van der Waals surface area contributed by atoms with Crippen LogP contribution in [0.5, 0.6) is 0 Å². The van der Waals surface area contributed by atoms with Gasteiger partial charge in [-0.25, -0.2) is 4.79 Å². The van der Waals surface area contributed by atoms with Crippen molar-refractivity contribution in [3.05, 3.63) is 35.4 Å². The molecule has 3 atom stereocenters. The largest absolute Gasteiger partial charge is 0.444 e. The van der Waals surface area contributed by atoms with Gasteiger partial charge >= 0.3 is 6.09 Å². The van der Waals surface area contributed by atoms with Gasteiger partial charge in [0.05, 0.1) is 0 Å². The Bertz CT molecular complexity index is 956. The summed E-state index contributed by atoms with van der Waals surface area (Å²) in [6, 6.07) is 5.36. The summed E-state index contributed by atoms with van der Waals surface area (Å²) in [6.07, 6.45) is 8.89. The van der Waals surface area contributed by atoms with Gasteiger partial charge in [0.2, 0.25) is 11.8 Å². The molecule has 0 saturated heterocycles. The Labute approximate surface area is 216 Å². The van der Waals surface area contributed by atoms with Gasteiger partial charge < -0.3 is 20.3 Å². The van der Waals surface area contributed by atoms with E-state index in [2.05, 4.69) is 23.5 Å². The third-order valence-electron chi connectivity index (χ3n) is 5.94. The monoisotopic (exact) mass is 497 g/mol. The molecule has 0 aliphatic heterocycles. The molecular weight excluding hydrogens is 454 g/mol. The van der Waals surface area contributed by atoms with E-state index in [-0.39, 0.29) is 29.8 Å². The summed E-state index contributed by atoms with van der Waals surface area (Å²) in [5.74, 6) is 2.24. The number of carbonyl (C=O) groups excluding carboxylic acids is 3. The number of nitrogens with zero attached hydrogens (tertiary/aromatic N) is 1. The van der Waals surface area contributed by atoms with Crippen LogP contribution in [-0.2, 0) is 14.3 Å². The molecule has 0 bridgehead atoms. The van der Waals surface area contributed by atoms with Gasteiger partial charge in [-0.3, -0.25) is 9.59 Å². The van der Waals surface area contributed by atoms with Crippen LogP contribution in [0.4, 0.5) is 4.79 Å². The Kier molecular flexibility index (Phi) is 10.4. The van der Waals surface area contributed by atoms with E-state index in [0.717, 1.165) is 25.7 Å². The van der Waals surface area contributed by atoms with Crippen LogP contribution in [0.2, 0.25) is 0 Å². The first-order chi connectivity index (χ1) is 16.9. The first-order valence-corrected chi connectivity index (χ1v) is 13.1. The second-order valence-corrected chi connectivity index (χ2v) is 11.1. The van der Waals surface area contributed by atoms with Gasteiger partial charge in [0.15, 0.2) is 0 Å². The van der Waals surface area contributed by atoms with Crippen molar-refractivity contribution in [3.63, 3.8) is 0 Å². The molecule has 3 amide bonds. The van der Waals surface area contributed by atoms with Gasteiger partial charge in [-0.2, -0.15) is 0 Å². The number of rotatable bonds is 11. The standard InChI is InChI=1S/C29H43N3O4/c1-9-13-20(5)30-26(33)25(23-15-12-11-14-21(23)10-2)32(22-16-17-22)27(34)24(18-19(3)4)31-28(35)36-29(6,7)8/h2,11-12,14-15,19-20,22,24-25H,9,13,16-18H2,1,3-8H3,(H,30,33)(H,31,35). The van der Waals surface area contributed by atoms with Crippen molar-refractivity contribution in [2.24, 2.45) is 5.92 Å². The third kappa shape index (κ3) is 8.58. The Morgan fingerprint density at radius 3 is 2.31 bits per heavy atom. The van der Waals surface area contributed by atoms with Crippen LogP contribution in [0.15, 0.2) is 24.3 Å². The van der Waals surface area contributed by atoms with Crippen LogP contribution < -0.4 is 10.6 Å². The number of carbonyl (C=O) groups is 3. The normalized spacial score (nSPS) is 15.9. The molecular formula is C29H43N3O4. The van der Waals surface area contributed by atoms with Crippen molar-refractivity contribution in [1.82, 2.24) is 15.5 Å². The lowest BCUT2D eigenvalue weighted by Crippen LogP contribution is -2.54. The topological polar surface area (TPSA) is 87.7 Å². The van der Waals surface area contributed by atoms with E-state index in [0.29, 0.717) is 17.5 Å². The van der Waals surface area contributed by atoms with E-state index in [1.807, 2.05) is 39.0 Å². The lowest BCUT2D eigenvalue weighted by molar-refractivity contribution is -0.143. The van der Waals surface area contributed by atoms with Gasteiger partial charge in [-0.1, -0.05) is 51.3 Å². The summed E-state index contributed by atoms with van der Waals surface area (Å²) in [6.45, 7) is 13.3. The molecule has 0 radical (unpaired) electrons. The Hall–Kier alpha value is -3.01. The number of hydrogen-bond acceptors (Lipinski definition) is 4. The van der Waals surface area contributed by atoms with Crippen LogP contribution in [0.25, 0.3) is 0 Å². The number of benzene rings is 1. The summed E-state index contributed by atoms with van der Waals surface area (Å²) in [5.41, 5.74) is 0.483. The quantitative estimate of drug-likeness (QED) is 0.424. The zero-order chi connectivity index (χ0) is 27.0. The lowest BCUT2D eigenvalue weighted by Gasteiger charge is -2.36. The lowest BCUT2D eigenvalue weighted by atomic mass is 9.95. The first-order valence-electron chi connectivity index (χ1n) is 13.1. The summed E-state index contributed by atoms with van der Waals surface area (Å²) < 4.78 is 5.44. The highest BCUT2D eigenvalue weighted by molar-refractivity contribution is 5.93. The van der Waals surface area contributed by atoms with Crippen molar-refractivity contribution in [2.75, 3.05) is 0 Å². The maximum Gasteiger partial charge on any atom is 0.408 e. The van der Waals surface area contributed by atoms with Gasteiger partial charge in [0.25, 0.3) is 0 Å². The second kappa shape index (κ2) is 12.8. The summed E-state index contributed by atoms with van der Waals surface area (Å²) in [5, 5.41) is 5.87. The van der Waals surface area contributed by atoms with Crippen LogP contribution in [0.3, 0.4) is 0 Å². The molecule has 1 aromatic rings. The molecule has 198 valence electrons. The van der Waals surface area contributed by atoms with E-state index >= 15 is 0 Å². The average Bonchev–Trinajstić information content (AvgIpc) is 3.60. The van der Waals surface area contributed by atoms with Crippen molar-refractivity contribution in [2.45, 2.75) is 110 Å². The van der Waals surface area contributed by atoms with E-state index in [1.165, 1.54) is 0 Å². The summed E-state index contributed by atoms with van der Waals surface area (Å²) in [7, 11) is 0. The SMILES string of the molecule is C#Cc1ccccc1C(C(=O)NC(C)CCC)N(C(=O)C(CC(C)C)NC(=O)OC(C)(C)C)C1CC1. The fourth-order valence-electron chi connectivity index (χ4n) is 4.30.